The van der Waals surface area contributed by atoms with Gasteiger partial charge in [0, 0.05) is 19.2 Å². The maximum Gasteiger partial charge on any atom is 0.401 e. The summed E-state index contributed by atoms with van der Waals surface area (Å²) in [7, 11) is 0. The van der Waals surface area contributed by atoms with Gasteiger partial charge >= 0.3 is 6.18 Å². The smallest absolute Gasteiger partial charge is 0.396 e. The number of hydrogen-bond acceptors (Lipinski definition) is 2. The second-order valence-electron chi connectivity index (χ2n) is 4.10. The molecule has 1 aliphatic carbocycles. The zero-order valence-corrected chi connectivity index (χ0v) is 8.76. The Morgan fingerprint density at radius 1 is 1.20 bits per heavy atom. The first-order valence-electron chi connectivity index (χ1n) is 5.44. The van der Waals surface area contributed by atoms with Crippen LogP contribution in [0, 0.1) is 0 Å². The van der Waals surface area contributed by atoms with Crippen LogP contribution < -0.4 is 0 Å². The highest BCUT2D eigenvalue weighted by atomic mass is 19.4. The average Bonchev–Trinajstić information content (AvgIpc) is 2.63. The Kier molecular flexibility index (Phi) is 4.86. The van der Waals surface area contributed by atoms with Crippen molar-refractivity contribution in [2.24, 2.45) is 0 Å². The SMILES string of the molecule is OCCCN(CC(F)(F)F)C1CCCC1. The number of aliphatic hydroxyl groups is 1. The minimum Gasteiger partial charge on any atom is -0.396 e. The molecular weight excluding hydrogens is 207 g/mol. The average molecular weight is 225 g/mol. The second-order valence-corrected chi connectivity index (χ2v) is 4.10. The molecule has 1 N–H and O–H groups in total. The van der Waals surface area contributed by atoms with E-state index in [1.807, 2.05) is 0 Å². The van der Waals surface area contributed by atoms with E-state index in [9.17, 15) is 13.2 Å². The normalized spacial score (nSPS) is 19.0. The third-order valence-corrected chi connectivity index (χ3v) is 2.83. The van der Waals surface area contributed by atoms with Gasteiger partial charge in [0.15, 0.2) is 0 Å². The number of hydrogen-bond donors (Lipinski definition) is 1. The Hall–Kier alpha value is -0.290. The Morgan fingerprint density at radius 3 is 2.27 bits per heavy atom. The van der Waals surface area contributed by atoms with Gasteiger partial charge in [-0.15, -0.1) is 0 Å². The predicted octanol–water partition coefficient (Wildman–Crippen LogP) is 2.18. The molecule has 0 radical (unpaired) electrons. The van der Waals surface area contributed by atoms with Crippen LogP contribution in [0.25, 0.3) is 0 Å². The van der Waals surface area contributed by atoms with Crippen LogP contribution in [0.3, 0.4) is 0 Å². The molecule has 1 rings (SSSR count). The van der Waals surface area contributed by atoms with Crippen LogP contribution in [0.1, 0.15) is 32.1 Å². The quantitative estimate of drug-likeness (QED) is 0.775. The standard InChI is InChI=1S/C10H18F3NO/c11-10(12,13)8-14(6-3-7-15)9-4-1-2-5-9/h9,15H,1-8H2. The van der Waals surface area contributed by atoms with E-state index in [1.165, 1.54) is 4.90 Å². The first-order valence-corrected chi connectivity index (χ1v) is 5.44. The number of alkyl halides is 3. The van der Waals surface area contributed by atoms with Crippen LogP contribution >= 0.6 is 0 Å². The van der Waals surface area contributed by atoms with Crippen LogP contribution in [0.15, 0.2) is 0 Å². The Labute approximate surface area is 88.1 Å². The van der Waals surface area contributed by atoms with Gasteiger partial charge in [-0.05, 0) is 19.3 Å². The molecule has 0 aliphatic heterocycles. The minimum atomic E-state index is -4.13. The Bertz CT molecular complexity index is 178. The molecule has 1 saturated carbocycles. The lowest BCUT2D eigenvalue weighted by molar-refractivity contribution is -0.151. The zero-order chi connectivity index (χ0) is 11.3. The van der Waals surface area contributed by atoms with Gasteiger partial charge in [0.25, 0.3) is 0 Å². The molecule has 0 atom stereocenters. The summed E-state index contributed by atoms with van der Waals surface area (Å²) in [6.07, 6.45) is 0.0734. The van der Waals surface area contributed by atoms with E-state index < -0.39 is 12.7 Å². The summed E-state index contributed by atoms with van der Waals surface area (Å²) in [6, 6.07) is 0.0678. The zero-order valence-electron chi connectivity index (χ0n) is 8.76. The van der Waals surface area contributed by atoms with Crippen LogP contribution in [0.2, 0.25) is 0 Å². The van der Waals surface area contributed by atoms with Crippen LogP contribution in [0.5, 0.6) is 0 Å². The number of rotatable bonds is 5. The largest absolute Gasteiger partial charge is 0.401 e. The molecule has 0 spiro atoms. The van der Waals surface area contributed by atoms with E-state index in [4.69, 9.17) is 5.11 Å². The summed E-state index contributed by atoms with van der Waals surface area (Å²) >= 11 is 0. The van der Waals surface area contributed by atoms with Gasteiger partial charge < -0.3 is 5.11 Å². The van der Waals surface area contributed by atoms with Crippen LogP contribution in [-0.2, 0) is 0 Å². The molecule has 15 heavy (non-hydrogen) atoms. The molecular formula is C10H18F3NO. The summed E-state index contributed by atoms with van der Waals surface area (Å²) in [5.74, 6) is 0. The molecule has 0 aromatic heterocycles. The summed E-state index contributed by atoms with van der Waals surface area (Å²) in [6.45, 7) is -0.528. The molecule has 0 unspecified atom stereocenters. The van der Waals surface area contributed by atoms with Crippen molar-refractivity contribution in [3.05, 3.63) is 0 Å². The van der Waals surface area contributed by atoms with Crippen molar-refractivity contribution >= 4 is 0 Å². The maximum atomic E-state index is 12.3. The summed E-state index contributed by atoms with van der Waals surface area (Å²) in [4.78, 5) is 1.48. The Balaban J connectivity index is 2.44. The lowest BCUT2D eigenvalue weighted by Crippen LogP contribution is -2.41. The predicted molar refractivity (Wildman–Crippen MR) is 51.6 cm³/mol. The highest BCUT2D eigenvalue weighted by Crippen LogP contribution is 2.26. The monoisotopic (exact) mass is 225 g/mol. The molecule has 5 heteroatoms. The third kappa shape index (κ3) is 4.84. The van der Waals surface area contributed by atoms with Crippen molar-refractivity contribution in [3.63, 3.8) is 0 Å². The van der Waals surface area contributed by atoms with E-state index in [0.717, 1.165) is 25.7 Å². The van der Waals surface area contributed by atoms with Crippen molar-refractivity contribution in [1.29, 1.82) is 0 Å². The van der Waals surface area contributed by atoms with Crippen LogP contribution in [-0.4, -0.2) is 41.9 Å². The second kappa shape index (κ2) is 5.70. The fourth-order valence-corrected chi connectivity index (χ4v) is 2.16. The van der Waals surface area contributed by atoms with Gasteiger partial charge in [0.1, 0.15) is 0 Å². The first kappa shape index (κ1) is 12.8. The molecule has 1 fully saturated rings. The maximum absolute atomic E-state index is 12.3. The van der Waals surface area contributed by atoms with E-state index in [0.29, 0.717) is 13.0 Å². The molecule has 0 bridgehead atoms. The summed E-state index contributed by atoms with van der Waals surface area (Å²) in [5.41, 5.74) is 0. The van der Waals surface area contributed by atoms with Crippen molar-refractivity contribution in [2.45, 2.75) is 44.3 Å². The van der Waals surface area contributed by atoms with Crippen molar-refractivity contribution < 1.29 is 18.3 Å². The van der Waals surface area contributed by atoms with Crippen molar-refractivity contribution in [2.75, 3.05) is 19.7 Å². The van der Waals surface area contributed by atoms with Gasteiger partial charge in [-0.3, -0.25) is 4.90 Å². The third-order valence-electron chi connectivity index (χ3n) is 2.83. The molecule has 1 aliphatic rings. The lowest BCUT2D eigenvalue weighted by Gasteiger charge is -2.29. The highest BCUT2D eigenvalue weighted by molar-refractivity contribution is 4.79. The van der Waals surface area contributed by atoms with Crippen LogP contribution in [0.4, 0.5) is 13.2 Å². The fraction of sp³-hybridized carbons (Fsp3) is 1.00. The molecule has 0 amide bonds. The number of nitrogens with zero attached hydrogens (tertiary/aromatic N) is 1. The number of halogens is 3. The summed E-state index contributed by atoms with van der Waals surface area (Å²) in [5, 5.41) is 8.65. The van der Waals surface area contributed by atoms with Gasteiger partial charge in [0.05, 0.1) is 6.54 Å². The van der Waals surface area contributed by atoms with Gasteiger partial charge in [0.2, 0.25) is 0 Å². The molecule has 0 saturated heterocycles. The van der Waals surface area contributed by atoms with E-state index in [2.05, 4.69) is 0 Å². The van der Waals surface area contributed by atoms with E-state index in [-0.39, 0.29) is 12.6 Å². The minimum absolute atomic E-state index is 0.0406. The Morgan fingerprint density at radius 2 is 1.80 bits per heavy atom. The lowest BCUT2D eigenvalue weighted by atomic mass is 10.2. The molecule has 0 heterocycles. The first-order chi connectivity index (χ1) is 7.03. The molecule has 0 aromatic carbocycles. The topological polar surface area (TPSA) is 23.5 Å². The van der Waals surface area contributed by atoms with E-state index in [1.54, 1.807) is 0 Å². The molecule has 90 valence electrons. The number of aliphatic hydroxyl groups excluding tert-OH is 1. The molecule has 0 aromatic rings. The van der Waals surface area contributed by atoms with Gasteiger partial charge in [-0.2, -0.15) is 13.2 Å². The molecule has 2 nitrogen and oxygen atoms in total. The summed E-state index contributed by atoms with van der Waals surface area (Å²) < 4.78 is 36.8. The van der Waals surface area contributed by atoms with Crippen molar-refractivity contribution in [3.8, 4) is 0 Å². The fourth-order valence-electron chi connectivity index (χ4n) is 2.16. The van der Waals surface area contributed by atoms with Gasteiger partial charge in [-0.1, -0.05) is 12.8 Å². The highest BCUT2D eigenvalue weighted by Gasteiger charge is 2.34. The van der Waals surface area contributed by atoms with Gasteiger partial charge in [-0.25, -0.2) is 0 Å². The van der Waals surface area contributed by atoms with E-state index >= 15 is 0 Å². The van der Waals surface area contributed by atoms with Crippen molar-refractivity contribution in [1.82, 2.24) is 4.90 Å².